The Morgan fingerprint density at radius 1 is 0.478 bits per heavy atom. The Labute approximate surface area is 283 Å². The average molecular weight is 677 g/mol. The van der Waals surface area contributed by atoms with Crippen LogP contribution in [0.5, 0.6) is 0 Å². The van der Waals surface area contributed by atoms with Crippen molar-refractivity contribution in [1.29, 1.82) is 0 Å². The molecule has 0 amide bonds. The molecule has 0 rings (SSSR count). The van der Waals surface area contributed by atoms with Gasteiger partial charge in [-0.2, -0.15) is 0 Å². The van der Waals surface area contributed by atoms with E-state index in [1.54, 1.807) is 0 Å². The molecule has 274 valence electrons. The van der Waals surface area contributed by atoms with Crippen LogP contribution in [0, 0.1) is 0 Å². The van der Waals surface area contributed by atoms with E-state index in [0.717, 1.165) is 32.1 Å². The van der Waals surface area contributed by atoms with E-state index in [9.17, 15) is 14.2 Å². The van der Waals surface area contributed by atoms with Crippen molar-refractivity contribution in [3.63, 3.8) is 0 Å². The zero-order valence-corrected chi connectivity index (χ0v) is 30.9. The first-order chi connectivity index (χ1) is 22.3. The summed E-state index contributed by atoms with van der Waals surface area (Å²) in [6.07, 6.45) is 34.0. The number of unbranched alkanes of at least 4 members (excludes halogenated alkanes) is 26. The second-order valence-corrected chi connectivity index (χ2v) is 14.5. The number of phosphoric ester groups is 1. The van der Waals surface area contributed by atoms with Gasteiger partial charge >= 0.3 is 19.8 Å². The maximum absolute atomic E-state index is 12.4. The molecule has 0 aromatic rings. The van der Waals surface area contributed by atoms with Crippen LogP contribution in [-0.2, 0) is 28.2 Å². The number of carbonyl (C=O) groups is 2. The van der Waals surface area contributed by atoms with Crippen molar-refractivity contribution in [2.75, 3.05) is 13.2 Å². The maximum atomic E-state index is 12.4. The van der Waals surface area contributed by atoms with Crippen LogP contribution in [0.15, 0.2) is 0 Å². The van der Waals surface area contributed by atoms with Gasteiger partial charge in [0.2, 0.25) is 0 Å². The van der Waals surface area contributed by atoms with Gasteiger partial charge in [-0.1, -0.05) is 181 Å². The fourth-order valence-electron chi connectivity index (χ4n) is 5.73. The molecule has 2 N–H and O–H groups in total. The van der Waals surface area contributed by atoms with Crippen LogP contribution in [0.4, 0.5) is 0 Å². The molecule has 46 heavy (non-hydrogen) atoms. The Morgan fingerprint density at radius 2 is 0.783 bits per heavy atom. The first kappa shape index (κ1) is 45.0. The number of rotatable bonds is 36. The molecule has 0 bridgehead atoms. The third-order valence-corrected chi connectivity index (χ3v) is 9.11. The number of phosphoric acid groups is 1. The van der Waals surface area contributed by atoms with Crippen molar-refractivity contribution < 1.29 is 37.9 Å². The molecule has 0 unspecified atom stereocenters. The van der Waals surface area contributed by atoms with Gasteiger partial charge in [0.25, 0.3) is 0 Å². The lowest BCUT2D eigenvalue weighted by molar-refractivity contribution is -0.161. The number of carbonyl (C=O) groups excluding carboxylic acids is 2. The molecule has 0 fully saturated rings. The van der Waals surface area contributed by atoms with E-state index in [2.05, 4.69) is 18.4 Å². The van der Waals surface area contributed by atoms with Crippen molar-refractivity contribution in [2.24, 2.45) is 0 Å². The minimum Gasteiger partial charge on any atom is -0.462 e. The summed E-state index contributed by atoms with van der Waals surface area (Å²) < 4.78 is 26.3. The maximum Gasteiger partial charge on any atom is 0.469 e. The summed E-state index contributed by atoms with van der Waals surface area (Å²) in [7, 11) is -4.74. The predicted molar refractivity (Wildman–Crippen MR) is 189 cm³/mol. The van der Waals surface area contributed by atoms with E-state index in [-0.39, 0.29) is 19.4 Å². The van der Waals surface area contributed by atoms with Gasteiger partial charge in [-0.15, -0.1) is 0 Å². The van der Waals surface area contributed by atoms with Gasteiger partial charge in [0.15, 0.2) is 6.10 Å². The zero-order chi connectivity index (χ0) is 34.0. The highest BCUT2D eigenvalue weighted by atomic mass is 31.2. The molecular weight excluding hydrogens is 603 g/mol. The Bertz CT molecular complexity index is 726. The molecule has 0 aliphatic carbocycles. The lowest BCUT2D eigenvalue weighted by atomic mass is 10.0. The molecule has 1 atom stereocenters. The van der Waals surface area contributed by atoms with Crippen LogP contribution in [0.25, 0.3) is 0 Å². The SMILES string of the molecule is CCCCCCCCCCCCCCCCCCCC(=O)O[C@H](COC(=O)CCCCCCCCCCCCC)COP(=O)(O)O. The number of hydrogen-bond acceptors (Lipinski definition) is 6. The quantitative estimate of drug-likeness (QED) is 0.0382. The molecule has 0 saturated carbocycles. The predicted octanol–water partition coefficient (Wildman–Crippen LogP) is 11.3. The van der Waals surface area contributed by atoms with Gasteiger partial charge in [-0.25, -0.2) is 4.57 Å². The number of esters is 2. The molecule has 0 aliphatic rings. The summed E-state index contributed by atoms with van der Waals surface area (Å²) >= 11 is 0. The van der Waals surface area contributed by atoms with Crippen LogP contribution in [0.1, 0.15) is 206 Å². The van der Waals surface area contributed by atoms with Gasteiger partial charge in [0.05, 0.1) is 6.61 Å². The molecule has 0 aromatic carbocycles. The number of ether oxygens (including phenoxy) is 2. The zero-order valence-electron chi connectivity index (χ0n) is 30.0. The Morgan fingerprint density at radius 3 is 1.11 bits per heavy atom. The van der Waals surface area contributed by atoms with Crippen LogP contribution >= 0.6 is 7.82 Å². The first-order valence-corrected chi connectivity index (χ1v) is 20.9. The monoisotopic (exact) mass is 677 g/mol. The number of hydrogen-bond donors (Lipinski definition) is 2. The van der Waals surface area contributed by atoms with Gasteiger partial charge in [0, 0.05) is 12.8 Å². The van der Waals surface area contributed by atoms with E-state index in [1.807, 2.05) is 0 Å². The Balaban J connectivity index is 3.89. The van der Waals surface area contributed by atoms with Crippen LogP contribution < -0.4 is 0 Å². The normalized spacial score (nSPS) is 12.3. The molecule has 0 heterocycles. The van der Waals surface area contributed by atoms with Crippen molar-refractivity contribution in [1.82, 2.24) is 0 Å². The molecule has 8 nitrogen and oxygen atoms in total. The third-order valence-electron chi connectivity index (χ3n) is 8.63. The van der Waals surface area contributed by atoms with E-state index in [1.165, 1.54) is 141 Å². The smallest absolute Gasteiger partial charge is 0.462 e. The van der Waals surface area contributed by atoms with Crippen molar-refractivity contribution in [2.45, 2.75) is 213 Å². The Hall–Kier alpha value is -0.950. The minimum absolute atomic E-state index is 0.220. The standard InChI is InChI=1S/C37H73O8P/c1-3-5-7-9-11-13-15-16-17-18-19-20-22-24-26-28-30-32-37(39)45-35(34-44-46(40,41)42)33-43-36(38)31-29-27-25-23-21-14-12-10-8-6-4-2/h35H,3-34H2,1-2H3,(H2,40,41,42)/t35-/m1/s1. The fourth-order valence-corrected chi connectivity index (χ4v) is 6.09. The molecule has 0 radical (unpaired) electrons. The van der Waals surface area contributed by atoms with E-state index >= 15 is 0 Å². The molecule has 0 saturated heterocycles. The van der Waals surface area contributed by atoms with Gasteiger partial charge in [0.1, 0.15) is 6.61 Å². The summed E-state index contributed by atoms with van der Waals surface area (Å²) in [5.41, 5.74) is 0. The molecule has 0 aliphatic heterocycles. The van der Waals surface area contributed by atoms with Gasteiger partial charge in [-0.05, 0) is 12.8 Å². The molecule has 0 aromatic heterocycles. The summed E-state index contributed by atoms with van der Waals surface area (Å²) in [5.74, 6) is -0.872. The van der Waals surface area contributed by atoms with Crippen LogP contribution in [0.2, 0.25) is 0 Å². The lowest BCUT2D eigenvalue weighted by Crippen LogP contribution is -2.29. The van der Waals surface area contributed by atoms with Crippen molar-refractivity contribution in [3.8, 4) is 0 Å². The summed E-state index contributed by atoms with van der Waals surface area (Å²) in [4.78, 5) is 42.6. The van der Waals surface area contributed by atoms with Crippen LogP contribution in [0.3, 0.4) is 0 Å². The van der Waals surface area contributed by atoms with E-state index in [0.29, 0.717) is 6.42 Å². The summed E-state index contributed by atoms with van der Waals surface area (Å²) in [6.45, 7) is 3.69. The highest BCUT2D eigenvalue weighted by Gasteiger charge is 2.22. The highest BCUT2D eigenvalue weighted by Crippen LogP contribution is 2.36. The first-order valence-electron chi connectivity index (χ1n) is 19.3. The largest absolute Gasteiger partial charge is 0.469 e. The lowest BCUT2D eigenvalue weighted by Gasteiger charge is -2.18. The minimum atomic E-state index is -4.74. The summed E-state index contributed by atoms with van der Waals surface area (Å²) in [5, 5.41) is 0. The van der Waals surface area contributed by atoms with Crippen LogP contribution in [-0.4, -0.2) is 41.0 Å². The molecule has 9 heteroatoms. The topological polar surface area (TPSA) is 119 Å². The average Bonchev–Trinajstić information content (AvgIpc) is 3.02. The van der Waals surface area contributed by atoms with Gasteiger partial charge < -0.3 is 19.3 Å². The van der Waals surface area contributed by atoms with Gasteiger partial charge in [-0.3, -0.25) is 14.1 Å². The highest BCUT2D eigenvalue weighted by molar-refractivity contribution is 7.46. The van der Waals surface area contributed by atoms with E-state index in [4.69, 9.17) is 19.3 Å². The third kappa shape index (κ3) is 35.9. The second-order valence-electron chi connectivity index (χ2n) is 13.3. The molecule has 0 spiro atoms. The molecular formula is C37H73O8P. The van der Waals surface area contributed by atoms with E-state index < -0.39 is 32.5 Å². The van der Waals surface area contributed by atoms with Crippen molar-refractivity contribution >= 4 is 19.8 Å². The summed E-state index contributed by atoms with van der Waals surface area (Å²) in [6, 6.07) is 0. The van der Waals surface area contributed by atoms with Crippen molar-refractivity contribution in [3.05, 3.63) is 0 Å². The fraction of sp³-hybridized carbons (Fsp3) is 0.946. The second kappa shape index (κ2) is 33.9. The Kier molecular flexibility index (Phi) is 33.2.